The maximum absolute atomic E-state index is 11.8. The van der Waals surface area contributed by atoms with Gasteiger partial charge in [-0.2, -0.15) is 0 Å². The van der Waals surface area contributed by atoms with Crippen LogP contribution < -0.4 is 5.32 Å². The van der Waals surface area contributed by atoms with Crippen molar-refractivity contribution >= 4 is 17.2 Å². The van der Waals surface area contributed by atoms with Gasteiger partial charge in [0.25, 0.3) is 5.91 Å². The first-order valence-electron chi connectivity index (χ1n) is 6.01. The van der Waals surface area contributed by atoms with Crippen molar-refractivity contribution in [2.24, 2.45) is 5.41 Å². The zero-order valence-electron chi connectivity index (χ0n) is 9.79. The Balaban J connectivity index is 1.84. The Morgan fingerprint density at radius 2 is 2.19 bits per heavy atom. The van der Waals surface area contributed by atoms with Gasteiger partial charge in [0.05, 0.1) is 4.88 Å². The zero-order chi connectivity index (χ0) is 11.4. The molecule has 1 amide bonds. The lowest BCUT2D eigenvalue weighted by Gasteiger charge is -2.33. The van der Waals surface area contributed by atoms with E-state index in [1.165, 1.54) is 43.4 Å². The normalized spacial score (nSPS) is 19.3. The standard InChI is InChI=1S/C13H19NOS/c1-13(7-3-2-4-8-13)10-14-12(15)11-6-5-9-16-11/h5-6,9H,2-4,7-8,10H2,1H3,(H,14,15). The van der Waals surface area contributed by atoms with Gasteiger partial charge in [0.1, 0.15) is 0 Å². The van der Waals surface area contributed by atoms with Gasteiger partial charge >= 0.3 is 0 Å². The number of thiophene rings is 1. The minimum atomic E-state index is 0.0850. The van der Waals surface area contributed by atoms with Gasteiger partial charge in [0.15, 0.2) is 0 Å². The molecule has 1 aliphatic rings. The molecular formula is C13H19NOS. The minimum absolute atomic E-state index is 0.0850. The van der Waals surface area contributed by atoms with Gasteiger partial charge < -0.3 is 5.32 Å². The maximum atomic E-state index is 11.8. The average molecular weight is 237 g/mol. The van der Waals surface area contributed by atoms with Gasteiger partial charge in [-0.05, 0) is 29.7 Å². The van der Waals surface area contributed by atoms with E-state index in [9.17, 15) is 4.79 Å². The molecule has 3 heteroatoms. The van der Waals surface area contributed by atoms with Gasteiger partial charge in [0, 0.05) is 6.54 Å². The van der Waals surface area contributed by atoms with E-state index in [0.717, 1.165) is 11.4 Å². The van der Waals surface area contributed by atoms with Gasteiger partial charge in [0.2, 0.25) is 0 Å². The van der Waals surface area contributed by atoms with Crippen LogP contribution in [0.1, 0.15) is 48.7 Å². The second kappa shape index (κ2) is 5.00. The third-order valence-electron chi connectivity index (χ3n) is 3.48. The number of carbonyl (C=O) groups excluding carboxylic acids is 1. The summed E-state index contributed by atoms with van der Waals surface area (Å²) in [7, 11) is 0. The first-order chi connectivity index (χ1) is 7.70. The predicted molar refractivity (Wildman–Crippen MR) is 67.8 cm³/mol. The fourth-order valence-electron chi connectivity index (χ4n) is 2.37. The molecular weight excluding hydrogens is 218 g/mol. The first kappa shape index (κ1) is 11.6. The highest BCUT2D eigenvalue weighted by atomic mass is 32.1. The van der Waals surface area contributed by atoms with Gasteiger partial charge in [-0.15, -0.1) is 11.3 Å². The number of carbonyl (C=O) groups is 1. The van der Waals surface area contributed by atoms with E-state index in [-0.39, 0.29) is 5.91 Å². The van der Waals surface area contributed by atoms with Gasteiger partial charge in [-0.1, -0.05) is 32.3 Å². The lowest BCUT2D eigenvalue weighted by atomic mass is 9.76. The summed E-state index contributed by atoms with van der Waals surface area (Å²) in [6.45, 7) is 3.12. The molecule has 1 fully saturated rings. The smallest absolute Gasteiger partial charge is 0.261 e. The number of amides is 1. The summed E-state index contributed by atoms with van der Waals surface area (Å²) in [6.07, 6.45) is 6.47. The van der Waals surface area contributed by atoms with E-state index in [1.807, 2.05) is 17.5 Å². The van der Waals surface area contributed by atoms with Crippen LogP contribution in [0.2, 0.25) is 0 Å². The summed E-state index contributed by atoms with van der Waals surface area (Å²) in [6, 6.07) is 3.80. The van der Waals surface area contributed by atoms with E-state index < -0.39 is 0 Å². The van der Waals surface area contributed by atoms with Crippen molar-refractivity contribution in [3.8, 4) is 0 Å². The molecule has 2 rings (SSSR count). The predicted octanol–water partition coefficient (Wildman–Crippen LogP) is 3.45. The zero-order valence-corrected chi connectivity index (χ0v) is 10.6. The molecule has 1 aromatic heterocycles. The second-order valence-corrected chi connectivity index (χ2v) is 5.98. The van der Waals surface area contributed by atoms with Crippen LogP contribution in [0.25, 0.3) is 0 Å². The van der Waals surface area contributed by atoms with Crippen molar-refractivity contribution in [1.29, 1.82) is 0 Å². The molecule has 1 aliphatic carbocycles. The van der Waals surface area contributed by atoms with E-state index in [4.69, 9.17) is 0 Å². The van der Waals surface area contributed by atoms with Gasteiger partial charge in [-0.3, -0.25) is 4.79 Å². The Bertz CT molecular complexity index is 339. The molecule has 1 N–H and O–H groups in total. The average Bonchev–Trinajstić information content (AvgIpc) is 2.80. The SMILES string of the molecule is CC1(CNC(=O)c2cccs2)CCCCC1. The number of rotatable bonds is 3. The van der Waals surface area contributed by atoms with E-state index in [2.05, 4.69) is 12.2 Å². The second-order valence-electron chi connectivity index (χ2n) is 5.03. The van der Waals surface area contributed by atoms with Crippen LogP contribution >= 0.6 is 11.3 Å². The largest absolute Gasteiger partial charge is 0.351 e. The lowest BCUT2D eigenvalue weighted by molar-refractivity contribution is 0.0923. The lowest BCUT2D eigenvalue weighted by Crippen LogP contribution is -2.36. The topological polar surface area (TPSA) is 29.1 Å². The van der Waals surface area contributed by atoms with Crippen molar-refractivity contribution in [3.05, 3.63) is 22.4 Å². The van der Waals surface area contributed by atoms with E-state index >= 15 is 0 Å². The highest BCUT2D eigenvalue weighted by Crippen LogP contribution is 2.34. The third kappa shape index (κ3) is 2.85. The van der Waals surface area contributed by atoms with Crippen LogP contribution in [0.3, 0.4) is 0 Å². The molecule has 0 aliphatic heterocycles. The third-order valence-corrected chi connectivity index (χ3v) is 4.35. The van der Waals surface area contributed by atoms with Gasteiger partial charge in [-0.25, -0.2) is 0 Å². The van der Waals surface area contributed by atoms with Crippen LogP contribution in [0, 0.1) is 5.41 Å². The molecule has 1 aromatic rings. The highest BCUT2D eigenvalue weighted by molar-refractivity contribution is 7.12. The molecule has 16 heavy (non-hydrogen) atoms. The van der Waals surface area contributed by atoms with Crippen LogP contribution in [-0.4, -0.2) is 12.5 Å². The van der Waals surface area contributed by atoms with E-state index in [1.54, 1.807) is 0 Å². The Labute approximate surface area is 101 Å². The monoisotopic (exact) mass is 237 g/mol. The van der Waals surface area contributed by atoms with Crippen molar-refractivity contribution in [2.45, 2.75) is 39.0 Å². The molecule has 1 saturated carbocycles. The number of nitrogens with one attached hydrogen (secondary N) is 1. The molecule has 0 radical (unpaired) electrons. The van der Waals surface area contributed by atoms with Crippen molar-refractivity contribution < 1.29 is 4.79 Å². The summed E-state index contributed by atoms with van der Waals surface area (Å²) >= 11 is 1.50. The van der Waals surface area contributed by atoms with Crippen LogP contribution in [0.4, 0.5) is 0 Å². The molecule has 88 valence electrons. The molecule has 0 saturated heterocycles. The number of hydrogen-bond acceptors (Lipinski definition) is 2. The summed E-state index contributed by atoms with van der Waals surface area (Å²) in [5, 5.41) is 5.01. The molecule has 0 aromatic carbocycles. The number of hydrogen-bond donors (Lipinski definition) is 1. The van der Waals surface area contributed by atoms with Crippen LogP contribution in [-0.2, 0) is 0 Å². The van der Waals surface area contributed by atoms with Crippen molar-refractivity contribution in [2.75, 3.05) is 6.54 Å². The quantitative estimate of drug-likeness (QED) is 0.857. The first-order valence-corrected chi connectivity index (χ1v) is 6.89. The van der Waals surface area contributed by atoms with Crippen molar-refractivity contribution in [3.63, 3.8) is 0 Å². The minimum Gasteiger partial charge on any atom is -0.351 e. The molecule has 0 unspecified atom stereocenters. The fraction of sp³-hybridized carbons (Fsp3) is 0.615. The maximum Gasteiger partial charge on any atom is 0.261 e. The Hall–Kier alpha value is -0.830. The Morgan fingerprint density at radius 1 is 1.44 bits per heavy atom. The van der Waals surface area contributed by atoms with E-state index in [0.29, 0.717) is 5.41 Å². The Kier molecular flexibility index (Phi) is 3.64. The Morgan fingerprint density at radius 3 is 2.81 bits per heavy atom. The molecule has 2 nitrogen and oxygen atoms in total. The molecule has 0 atom stereocenters. The molecule has 0 spiro atoms. The van der Waals surface area contributed by atoms with Crippen LogP contribution in [0.5, 0.6) is 0 Å². The fourth-order valence-corrected chi connectivity index (χ4v) is 3.01. The van der Waals surface area contributed by atoms with Crippen molar-refractivity contribution in [1.82, 2.24) is 5.32 Å². The highest BCUT2D eigenvalue weighted by Gasteiger charge is 2.27. The summed E-state index contributed by atoms with van der Waals surface area (Å²) in [5.74, 6) is 0.0850. The summed E-state index contributed by atoms with van der Waals surface area (Å²) < 4.78 is 0. The molecule has 1 heterocycles. The summed E-state index contributed by atoms with van der Waals surface area (Å²) in [5.41, 5.74) is 0.325. The molecule has 0 bridgehead atoms. The summed E-state index contributed by atoms with van der Waals surface area (Å²) in [4.78, 5) is 12.6. The van der Waals surface area contributed by atoms with Crippen LogP contribution in [0.15, 0.2) is 17.5 Å².